The zero-order chi connectivity index (χ0) is 13.2. The Balaban J connectivity index is 1.94. The molecule has 3 nitrogen and oxygen atoms in total. The molecule has 18 heavy (non-hydrogen) atoms. The lowest BCUT2D eigenvalue weighted by Crippen LogP contribution is -2.31. The molecule has 0 bridgehead atoms. The van der Waals surface area contributed by atoms with Crippen molar-refractivity contribution >= 4 is 29.4 Å². The first-order valence-corrected chi connectivity index (χ1v) is 8.09. The minimum absolute atomic E-state index is 0.0630. The average molecular weight is 285 g/mol. The van der Waals surface area contributed by atoms with Crippen molar-refractivity contribution in [3.63, 3.8) is 0 Å². The predicted molar refractivity (Wildman–Crippen MR) is 77.8 cm³/mol. The van der Waals surface area contributed by atoms with E-state index in [0.29, 0.717) is 5.75 Å². The summed E-state index contributed by atoms with van der Waals surface area (Å²) in [4.78, 5) is 13.8. The number of hydrogen-bond donors (Lipinski definition) is 0. The quantitative estimate of drug-likeness (QED) is 0.849. The summed E-state index contributed by atoms with van der Waals surface area (Å²) in [6.45, 7) is 7.38. The van der Waals surface area contributed by atoms with E-state index in [4.69, 9.17) is 4.42 Å². The van der Waals surface area contributed by atoms with Crippen LogP contribution in [-0.2, 0) is 4.79 Å². The highest BCUT2D eigenvalue weighted by Crippen LogP contribution is 2.39. The van der Waals surface area contributed by atoms with Crippen molar-refractivity contribution in [2.45, 2.75) is 30.9 Å². The number of carbonyl (C=O) groups excluding carboxylic acids is 1. The van der Waals surface area contributed by atoms with Crippen molar-refractivity contribution in [3.8, 4) is 0 Å². The Hall–Kier alpha value is -0.550. The normalized spacial score (nSPS) is 20.7. The van der Waals surface area contributed by atoms with Crippen molar-refractivity contribution in [2.75, 3.05) is 18.1 Å². The van der Waals surface area contributed by atoms with Gasteiger partial charge in [-0.05, 0) is 12.1 Å². The van der Waals surface area contributed by atoms with Crippen LogP contribution in [0.25, 0.3) is 0 Å². The SMILES string of the molecule is CC(C)(C)SCCN1C(=O)CSC1c1ccco1. The van der Waals surface area contributed by atoms with E-state index in [9.17, 15) is 4.79 Å². The van der Waals surface area contributed by atoms with Gasteiger partial charge in [-0.15, -0.1) is 11.8 Å². The fraction of sp³-hybridized carbons (Fsp3) is 0.615. The lowest BCUT2D eigenvalue weighted by atomic mass is 10.3. The van der Waals surface area contributed by atoms with Gasteiger partial charge in [0.2, 0.25) is 5.91 Å². The van der Waals surface area contributed by atoms with E-state index >= 15 is 0 Å². The van der Waals surface area contributed by atoms with Gasteiger partial charge in [0.1, 0.15) is 11.1 Å². The third-order valence-electron chi connectivity index (χ3n) is 2.62. The van der Waals surface area contributed by atoms with Gasteiger partial charge in [-0.2, -0.15) is 11.8 Å². The van der Waals surface area contributed by atoms with Crippen LogP contribution in [0, 0.1) is 0 Å². The van der Waals surface area contributed by atoms with Crippen LogP contribution in [-0.4, -0.2) is 33.6 Å². The average Bonchev–Trinajstić information content (AvgIpc) is 2.87. The third-order valence-corrected chi connectivity index (χ3v) is 5.09. The topological polar surface area (TPSA) is 33.5 Å². The number of thioether (sulfide) groups is 2. The van der Waals surface area contributed by atoms with Crippen molar-refractivity contribution in [1.82, 2.24) is 4.90 Å². The van der Waals surface area contributed by atoms with Crippen molar-refractivity contribution < 1.29 is 9.21 Å². The maximum atomic E-state index is 11.9. The number of hydrogen-bond acceptors (Lipinski definition) is 4. The molecule has 1 atom stereocenters. The molecule has 0 spiro atoms. The molecule has 1 aromatic rings. The van der Waals surface area contributed by atoms with Crippen molar-refractivity contribution in [2.24, 2.45) is 0 Å². The number of rotatable bonds is 4. The highest BCUT2D eigenvalue weighted by Gasteiger charge is 2.34. The Morgan fingerprint density at radius 2 is 2.33 bits per heavy atom. The maximum Gasteiger partial charge on any atom is 0.233 e. The minimum atomic E-state index is 0.0630. The molecule has 0 aliphatic carbocycles. The van der Waals surface area contributed by atoms with Crippen molar-refractivity contribution in [1.29, 1.82) is 0 Å². The Kier molecular flexibility index (Phi) is 4.33. The summed E-state index contributed by atoms with van der Waals surface area (Å²) >= 11 is 3.54. The second-order valence-corrected chi connectivity index (χ2v) is 8.22. The van der Waals surface area contributed by atoms with Gasteiger partial charge in [0.05, 0.1) is 12.0 Å². The van der Waals surface area contributed by atoms with Gasteiger partial charge in [-0.25, -0.2) is 0 Å². The van der Waals surface area contributed by atoms with Crippen LogP contribution in [0.5, 0.6) is 0 Å². The second-order valence-electron chi connectivity index (χ2n) is 5.23. The first-order valence-electron chi connectivity index (χ1n) is 6.06. The molecule has 0 radical (unpaired) electrons. The van der Waals surface area contributed by atoms with Crippen LogP contribution < -0.4 is 0 Å². The molecule has 0 aromatic carbocycles. The first kappa shape index (κ1) is 13.9. The summed E-state index contributed by atoms with van der Waals surface area (Å²) in [5.74, 6) is 2.63. The molecule has 5 heteroatoms. The van der Waals surface area contributed by atoms with E-state index in [1.165, 1.54) is 0 Å². The standard InChI is InChI=1S/C13H19NO2S2/c1-13(2,3)18-8-6-14-11(15)9-17-12(14)10-5-4-7-16-10/h4-5,7,12H,6,8-9H2,1-3H3. The summed E-state index contributed by atoms with van der Waals surface area (Å²) < 4.78 is 5.67. The molecule has 100 valence electrons. The van der Waals surface area contributed by atoms with E-state index in [-0.39, 0.29) is 16.0 Å². The molecule has 1 amide bonds. The Bertz CT molecular complexity index is 398. The Morgan fingerprint density at radius 3 is 2.94 bits per heavy atom. The smallest absolute Gasteiger partial charge is 0.233 e. The minimum Gasteiger partial charge on any atom is -0.466 e. The molecule has 1 aliphatic heterocycles. The van der Waals surface area contributed by atoms with Gasteiger partial charge in [0, 0.05) is 17.0 Å². The van der Waals surface area contributed by atoms with Gasteiger partial charge in [-0.1, -0.05) is 20.8 Å². The Labute approximate surface area is 117 Å². The zero-order valence-electron chi connectivity index (χ0n) is 11.0. The van der Waals surface area contributed by atoms with Crippen LogP contribution in [0.15, 0.2) is 22.8 Å². The van der Waals surface area contributed by atoms with Crippen LogP contribution in [0.2, 0.25) is 0 Å². The molecule has 2 rings (SSSR count). The Morgan fingerprint density at radius 1 is 1.56 bits per heavy atom. The van der Waals surface area contributed by atoms with E-state index in [1.807, 2.05) is 28.8 Å². The fourth-order valence-corrected chi connectivity index (χ4v) is 3.88. The van der Waals surface area contributed by atoms with Crippen LogP contribution in [0.3, 0.4) is 0 Å². The number of amides is 1. The molecular formula is C13H19NO2S2. The van der Waals surface area contributed by atoms with Gasteiger partial charge >= 0.3 is 0 Å². The van der Waals surface area contributed by atoms with Gasteiger partial charge in [0.25, 0.3) is 0 Å². The molecule has 0 N–H and O–H groups in total. The predicted octanol–water partition coefficient (Wildman–Crippen LogP) is 3.39. The summed E-state index contributed by atoms with van der Waals surface area (Å²) in [6, 6.07) is 3.82. The fourth-order valence-electron chi connectivity index (χ4n) is 1.81. The highest BCUT2D eigenvalue weighted by molar-refractivity contribution is 8.01. The van der Waals surface area contributed by atoms with Gasteiger partial charge < -0.3 is 9.32 Å². The number of nitrogens with zero attached hydrogens (tertiary/aromatic N) is 1. The number of carbonyl (C=O) groups is 1. The largest absolute Gasteiger partial charge is 0.466 e. The number of furan rings is 1. The molecule has 1 saturated heterocycles. The molecule has 1 fully saturated rings. The van der Waals surface area contributed by atoms with Crippen molar-refractivity contribution in [3.05, 3.63) is 24.2 Å². The van der Waals surface area contributed by atoms with E-state index < -0.39 is 0 Å². The maximum absolute atomic E-state index is 11.9. The molecule has 0 saturated carbocycles. The third kappa shape index (κ3) is 3.48. The zero-order valence-corrected chi connectivity index (χ0v) is 12.6. The van der Waals surface area contributed by atoms with Gasteiger partial charge in [0.15, 0.2) is 0 Å². The summed E-state index contributed by atoms with van der Waals surface area (Å²) in [5.41, 5.74) is 0. The van der Waals surface area contributed by atoms with Crippen LogP contribution in [0.4, 0.5) is 0 Å². The molecule has 1 aromatic heterocycles. The van der Waals surface area contributed by atoms with E-state index in [2.05, 4.69) is 20.8 Å². The molecule has 2 heterocycles. The van der Waals surface area contributed by atoms with Crippen LogP contribution in [0.1, 0.15) is 31.9 Å². The van der Waals surface area contributed by atoms with E-state index in [1.54, 1.807) is 18.0 Å². The van der Waals surface area contributed by atoms with Gasteiger partial charge in [-0.3, -0.25) is 4.79 Å². The molecular weight excluding hydrogens is 266 g/mol. The summed E-state index contributed by atoms with van der Waals surface area (Å²) in [5, 5.41) is 0.0630. The monoisotopic (exact) mass is 285 g/mol. The molecule has 1 aliphatic rings. The lowest BCUT2D eigenvalue weighted by molar-refractivity contribution is -0.127. The summed E-state index contributed by atoms with van der Waals surface area (Å²) in [6.07, 6.45) is 1.67. The van der Waals surface area contributed by atoms with E-state index in [0.717, 1.165) is 18.1 Å². The molecule has 1 unspecified atom stereocenters. The second kappa shape index (κ2) is 5.61. The lowest BCUT2D eigenvalue weighted by Gasteiger charge is -2.24. The highest BCUT2D eigenvalue weighted by atomic mass is 32.2. The first-order chi connectivity index (χ1) is 8.47. The van der Waals surface area contributed by atoms with Crippen LogP contribution >= 0.6 is 23.5 Å². The summed E-state index contributed by atoms with van der Waals surface area (Å²) in [7, 11) is 0.